The van der Waals surface area contributed by atoms with E-state index in [9.17, 15) is 0 Å². The zero-order valence-electron chi connectivity index (χ0n) is 16.7. The molecule has 1 N–H and O–H groups in total. The molecule has 0 bridgehead atoms. The van der Waals surface area contributed by atoms with Crippen LogP contribution in [0.15, 0.2) is 30.6 Å². The highest BCUT2D eigenvalue weighted by Crippen LogP contribution is 2.38. The maximum Gasteiger partial charge on any atom is 0.138 e. The second kappa shape index (κ2) is 8.58. The van der Waals surface area contributed by atoms with Crippen LogP contribution in [0, 0.1) is 0 Å². The van der Waals surface area contributed by atoms with E-state index in [2.05, 4.69) is 32.3 Å². The van der Waals surface area contributed by atoms with Gasteiger partial charge in [-0.2, -0.15) is 0 Å². The van der Waals surface area contributed by atoms with Crippen LogP contribution in [0.2, 0.25) is 5.02 Å². The molecule has 1 unspecified atom stereocenters. The van der Waals surface area contributed by atoms with E-state index in [1.54, 1.807) is 6.33 Å². The second-order valence-corrected chi connectivity index (χ2v) is 9.68. The van der Waals surface area contributed by atoms with Gasteiger partial charge in [0.2, 0.25) is 0 Å². The molecule has 0 spiro atoms. The number of thiophene rings is 1. The number of piperidine rings is 1. The molecule has 152 valence electrons. The molecule has 1 aromatic carbocycles. The van der Waals surface area contributed by atoms with Gasteiger partial charge in [0.05, 0.1) is 11.4 Å². The predicted octanol–water partition coefficient (Wildman–Crippen LogP) is 5.86. The van der Waals surface area contributed by atoms with Crippen molar-refractivity contribution in [2.45, 2.75) is 51.0 Å². The van der Waals surface area contributed by atoms with Crippen molar-refractivity contribution in [2.24, 2.45) is 0 Å². The Hall–Kier alpha value is -1.69. The molecule has 6 heteroatoms. The van der Waals surface area contributed by atoms with Crippen molar-refractivity contribution in [2.75, 3.05) is 25.0 Å². The van der Waals surface area contributed by atoms with Gasteiger partial charge >= 0.3 is 0 Å². The van der Waals surface area contributed by atoms with Gasteiger partial charge in [-0.05, 0) is 74.9 Å². The molecule has 1 atom stereocenters. The fourth-order valence-electron chi connectivity index (χ4n) is 4.79. The summed E-state index contributed by atoms with van der Waals surface area (Å²) in [5, 5.41) is 5.77. The summed E-state index contributed by atoms with van der Waals surface area (Å²) >= 11 is 8.01. The smallest absolute Gasteiger partial charge is 0.138 e. The minimum absolute atomic E-state index is 0.326. The Kier molecular flexibility index (Phi) is 5.71. The number of fused-ring (bicyclic) bond motifs is 3. The quantitative estimate of drug-likeness (QED) is 0.554. The van der Waals surface area contributed by atoms with Crippen molar-refractivity contribution in [1.82, 2.24) is 14.9 Å². The number of hydrogen-bond acceptors (Lipinski definition) is 5. The largest absolute Gasteiger partial charge is 0.367 e. The topological polar surface area (TPSA) is 41.1 Å². The van der Waals surface area contributed by atoms with Crippen LogP contribution >= 0.6 is 22.9 Å². The molecule has 1 aliphatic heterocycles. The van der Waals surface area contributed by atoms with Gasteiger partial charge in [-0.1, -0.05) is 30.2 Å². The number of likely N-dealkylation sites (tertiary alicyclic amines) is 1. The standard InChI is InChI=1S/C23H27ClN4S/c24-17-10-8-16(9-11-17)19(28-12-4-1-5-13-28)14-25-22-21-18-6-2-3-7-20(18)29-23(21)27-15-26-22/h8-11,15,19H,1-7,12-14H2,(H,25,26,27). The average Bonchev–Trinajstić information content (AvgIpc) is 3.15. The summed E-state index contributed by atoms with van der Waals surface area (Å²) in [5.74, 6) is 1.00. The van der Waals surface area contributed by atoms with Crippen LogP contribution in [0.3, 0.4) is 0 Å². The first kappa shape index (κ1) is 19.3. The van der Waals surface area contributed by atoms with E-state index in [0.717, 1.165) is 41.7 Å². The first-order valence-corrected chi connectivity index (χ1v) is 12.0. The third-order valence-corrected chi connectivity index (χ3v) is 7.75. The molecule has 0 saturated carbocycles. The summed E-state index contributed by atoms with van der Waals surface area (Å²) in [4.78, 5) is 14.5. The maximum absolute atomic E-state index is 6.15. The molecular formula is C23H27ClN4S. The molecule has 1 aliphatic carbocycles. The highest BCUT2D eigenvalue weighted by Gasteiger charge is 2.24. The van der Waals surface area contributed by atoms with Gasteiger partial charge in [0.15, 0.2) is 0 Å². The minimum Gasteiger partial charge on any atom is -0.367 e. The van der Waals surface area contributed by atoms with Gasteiger partial charge in [0.1, 0.15) is 17.0 Å². The molecule has 0 radical (unpaired) electrons. The van der Waals surface area contributed by atoms with Crippen LogP contribution in [0.25, 0.3) is 10.2 Å². The average molecular weight is 427 g/mol. The Morgan fingerprint density at radius 2 is 1.79 bits per heavy atom. The molecule has 1 saturated heterocycles. The number of hydrogen-bond donors (Lipinski definition) is 1. The monoisotopic (exact) mass is 426 g/mol. The van der Waals surface area contributed by atoms with Crippen LogP contribution in [0.4, 0.5) is 5.82 Å². The van der Waals surface area contributed by atoms with Crippen LogP contribution in [-0.2, 0) is 12.8 Å². The summed E-state index contributed by atoms with van der Waals surface area (Å²) in [6.07, 6.45) is 10.5. The van der Waals surface area contributed by atoms with Gasteiger partial charge in [-0.15, -0.1) is 11.3 Å². The Bertz CT molecular complexity index is 978. The number of anilines is 1. The number of halogens is 1. The Balaban J connectivity index is 1.44. The van der Waals surface area contributed by atoms with E-state index in [1.165, 1.54) is 59.9 Å². The summed E-state index contributed by atoms with van der Waals surface area (Å²) in [7, 11) is 0. The number of nitrogens with zero attached hydrogens (tertiary/aromatic N) is 3. The Morgan fingerprint density at radius 1 is 1.00 bits per heavy atom. The van der Waals surface area contributed by atoms with Crippen LogP contribution in [0.5, 0.6) is 0 Å². The van der Waals surface area contributed by atoms with Gasteiger partial charge in [0, 0.05) is 16.4 Å². The fraction of sp³-hybridized carbons (Fsp3) is 0.478. The Labute approximate surface area is 181 Å². The molecule has 29 heavy (non-hydrogen) atoms. The number of aryl methyl sites for hydroxylation is 2. The van der Waals surface area contributed by atoms with E-state index in [1.807, 2.05) is 23.5 Å². The van der Waals surface area contributed by atoms with E-state index in [0.29, 0.717) is 6.04 Å². The summed E-state index contributed by atoms with van der Waals surface area (Å²) in [5.41, 5.74) is 2.81. The van der Waals surface area contributed by atoms with E-state index in [4.69, 9.17) is 11.6 Å². The van der Waals surface area contributed by atoms with Crippen molar-refractivity contribution >= 4 is 39.0 Å². The van der Waals surface area contributed by atoms with E-state index >= 15 is 0 Å². The number of benzene rings is 1. The zero-order valence-corrected chi connectivity index (χ0v) is 18.2. The molecule has 2 aromatic heterocycles. The zero-order chi connectivity index (χ0) is 19.6. The van der Waals surface area contributed by atoms with E-state index in [-0.39, 0.29) is 0 Å². The third kappa shape index (κ3) is 4.00. The van der Waals surface area contributed by atoms with Crippen molar-refractivity contribution < 1.29 is 0 Å². The summed E-state index contributed by atoms with van der Waals surface area (Å²) in [6.45, 7) is 3.16. The lowest BCUT2D eigenvalue weighted by molar-refractivity contribution is 0.170. The molecule has 3 heterocycles. The predicted molar refractivity (Wildman–Crippen MR) is 122 cm³/mol. The number of aromatic nitrogens is 2. The lowest BCUT2D eigenvalue weighted by atomic mass is 9.97. The Morgan fingerprint density at radius 3 is 2.62 bits per heavy atom. The number of nitrogens with one attached hydrogen (secondary N) is 1. The van der Waals surface area contributed by atoms with Crippen LogP contribution in [-0.4, -0.2) is 34.5 Å². The lowest BCUT2D eigenvalue weighted by Crippen LogP contribution is -2.37. The van der Waals surface area contributed by atoms with Crippen molar-refractivity contribution in [1.29, 1.82) is 0 Å². The molecular weight excluding hydrogens is 400 g/mol. The number of rotatable bonds is 5. The molecule has 0 amide bonds. The van der Waals surface area contributed by atoms with Gasteiger partial charge < -0.3 is 5.32 Å². The van der Waals surface area contributed by atoms with Gasteiger partial charge in [-0.3, -0.25) is 4.90 Å². The SMILES string of the molecule is Clc1ccc(C(CNc2ncnc3sc4c(c23)CCCC4)N2CCCCC2)cc1. The molecule has 3 aromatic rings. The van der Waals surface area contributed by atoms with Gasteiger partial charge in [-0.25, -0.2) is 9.97 Å². The first-order chi connectivity index (χ1) is 14.3. The highest BCUT2D eigenvalue weighted by atomic mass is 35.5. The minimum atomic E-state index is 0.326. The summed E-state index contributed by atoms with van der Waals surface area (Å²) in [6, 6.07) is 8.68. The normalized spacial score (nSPS) is 18.5. The molecule has 1 fully saturated rings. The van der Waals surface area contributed by atoms with Crippen molar-refractivity contribution in [3.63, 3.8) is 0 Å². The van der Waals surface area contributed by atoms with Crippen molar-refractivity contribution in [3.05, 3.63) is 51.6 Å². The molecule has 2 aliphatic rings. The fourth-order valence-corrected chi connectivity index (χ4v) is 6.15. The van der Waals surface area contributed by atoms with Crippen LogP contribution < -0.4 is 5.32 Å². The van der Waals surface area contributed by atoms with E-state index < -0.39 is 0 Å². The summed E-state index contributed by atoms with van der Waals surface area (Å²) < 4.78 is 0. The highest BCUT2D eigenvalue weighted by molar-refractivity contribution is 7.19. The van der Waals surface area contributed by atoms with Gasteiger partial charge in [0.25, 0.3) is 0 Å². The third-order valence-electron chi connectivity index (χ3n) is 6.30. The molecule has 4 nitrogen and oxygen atoms in total. The first-order valence-electron chi connectivity index (χ1n) is 10.8. The second-order valence-electron chi connectivity index (χ2n) is 8.16. The lowest BCUT2D eigenvalue weighted by Gasteiger charge is -2.35. The molecule has 5 rings (SSSR count). The van der Waals surface area contributed by atoms with Crippen LogP contribution in [0.1, 0.15) is 54.1 Å². The van der Waals surface area contributed by atoms with Crippen molar-refractivity contribution in [3.8, 4) is 0 Å². The maximum atomic E-state index is 6.15.